The minimum Gasteiger partial charge on any atom is -0.484 e. The number of hydrogen-bond acceptors (Lipinski definition) is 6. The lowest BCUT2D eigenvalue weighted by atomic mass is 10.4. The van der Waals surface area contributed by atoms with Gasteiger partial charge in [0, 0.05) is 19.6 Å². The van der Waals surface area contributed by atoms with E-state index in [2.05, 4.69) is 9.88 Å². The van der Waals surface area contributed by atoms with Crippen molar-refractivity contribution >= 4 is 5.82 Å². The minimum atomic E-state index is -0.538. The molecule has 1 aliphatic heterocycles. The summed E-state index contributed by atoms with van der Waals surface area (Å²) in [6, 6.07) is 3.18. The van der Waals surface area contributed by atoms with E-state index in [1.807, 2.05) is 0 Å². The van der Waals surface area contributed by atoms with Crippen molar-refractivity contribution in [3.8, 4) is 5.75 Å². The normalized spacial score (nSPS) is 16.4. The molecule has 0 saturated carbocycles. The molecule has 1 aliphatic rings. The molecule has 1 aromatic heterocycles. The summed E-state index contributed by atoms with van der Waals surface area (Å²) in [5, 5.41) is 10.7. The molecule has 0 amide bonds. The summed E-state index contributed by atoms with van der Waals surface area (Å²) in [4.78, 5) is 16.1. The first-order valence-corrected chi connectivity index (χ1v) is 5.79. The molecular weight excluding hydrogens is 238 g/mol. The van der Waals surface area contributed by atoms with E-state index >= 15 is 0 Å². The van der Waals surface area contributed by atoms with Gasteiger partial charge in [-0.1, -0.05) is 0 Å². The van der Waals surface area contributed by atoms with Gasteiger partial charge in [0.05, 0.1) is 13.2 Å². The molecule has 1 aromatic rings. The van der Waals surface area contributed by atoms with E-state index < -0.39 is 4.92 Å². The maximum Gasteiger partial charge on any atom is 0.406 e. The first kappa shape index (κ1) is 12.7. The van der Waals surface area contributed by atoms with Crippen LogP contribution in [0, 0.1) is 10.1 Å². The highest BCUT2D eigenvalue weighted by atomic mass is 16.6. The van der Waals surface area contributed by atoms with Crippen LogP contribution in [0.15, 0.2) is 18.3 Å². The maximum absolute atomic E-state index is 10.7. The van der Waals surface area contributed by atoms with Crippen LogP contribution in [0.1, 0.15) is 0 Å². The lowest BCUT2D eigenvalue weighted by Gasteiger charge is -2.26. The number of pyridine rings is 1. The molecule has 1 saturated heterocycles. The van der Waals surface area contributed by atoms with Crippen LogP contribution < -0.4 is 4.74 Å². The minimum absolute atomic E-state index is 0.218. The SMILES string of the molecule is O=[N+]([O-])c1ncccc1OCCN1CCOCC1. The Morgan fingerprint density at radius 3 is 3.00 bits per heavy atom. The van der Waals surface area contributed by atoms with Crippen LogP contribution in [0.2, 0.25) is 0 Å². The smallest absolute Gasteiger partial charge is 0.406 e. The Morgan fingerprint density at radius 2 is 2.28 bits per heavy atom. The molecule has 0 N–H and O–H groups in total. The van der Waals surface area contributed by atoms with Gasteiger partial charge >= 0.3 is 5.82 Å². The molecule has 7 heteroatoms. The molecule has 18 heavy (non-hydrogen) atoms. The van der Waals surface area contributed by atoms with E-state index in [0.29, 0.717) is 6.61 Å². The molecular formula is C11H15N3O4. The monoisotopic (exact) mass is 253 g/mol. The molecule has 1 fully saturated rings. The lowest BCUT2D eigenvalue weighted by Crippen LogP contribution is -2.38. The molecule has 7 nitrogen and oxygen atoms in total. The summed E-state index contributed by atoms with van der Waals surface area (Å²) in [6.45, 7) is 4.35. The average Bonchev–Trinajstić information content (AvgIpc) is 2.40. The zero-order valence-electron chi connectivity index (χ0n) is 9.95. The Morgan fingerprint density at radius 1 is 1.50 bits per heavy atom. The lowest BCUT2D eigenvalue weighted by molar-refractivity contribution is -0.390. The third-order valence-corrected chi connectivity index (χ3v) is 2.69. The van der Waals surface area contributed by atoms with Crippen molar-refractivity contribution in [1.82, 2.24) is 9.88 Å². The summed E-state index contributed by atoms with van der Waals surface area (Å²) < 4.78 is 10.6. The number of hydrogen-bond donors (Lipinski definition) is 0. The first-order chi connectivity index (χ1) is 8.77. The number of nitrogens with zero attached hydrogens (tertiary/aromatic N) is 3. The van der Waals surface area contributed by atoms with Crippen LogP contribution in [0.25, 0.3) is 0 Å². The highest BCUT2D eigenvalue weighted by Crippen LogP contribution is 2.22. The van der Waals surface area contributed by atoms with Crippen LogP contribution in [-0.4, -0.2) is 54.3 Å². The fraction of sp³-hybridized carbons (Fsp3) is 0.545. The van der Waals surface area contributed by atoms with Crippen molar-refractivity contribution in [3.63, 3.8) is 0 Å². The van der Waals surface area contributed by atoms with Gasteiger partial charge in [0.2, 0.25) is 5.75 Å². The number of ether oxygens (including phenoxy) is 2. The van der Waals surface area contributed by atoms with Crippen LogP contribution in [0.5, 0.6) is 5.75 Å². The fourth-order valence-electron chi connectivity index (χ4n) is 1.74. The van der Waals surface area contributed by atoms with Crippen molar-refractivity contribution in [2.24, 2.45) is 0 Å². The maximum atomic E-state index is 10.7. The van der Waals surface area contributed by atoms with Crippen molar-refractivity contribution < 1.29 is 14.4 Å². The molecule has 98 valence electrons. The molecule has 0 aliphatic carbocycles. The highest BCUT2D eigenvalue weighted by molar-refractivity contribution is 5.38. The largest absolute Gasteiger partial charge is 0.484 e. The number of morpholine rings is 1. The van der Waals surface area contributed by atoms with Crippen LogP contribution in [-0.2, 0) is 4.74 Å². The Labute approximate surface area is 104 Å². The van der Waals surface area contributed by atoms with Crippen LogP contribution in [0.3, 0.4) is 0 Å². The van der Waals surface area contributed by atoms with Gasteiger partial charge in [-0.2, -0.15) is 0 Å². The molecule has 0 bridgehead atoms. The summed E-state index contributed by atoms with van der Waals surface area (Å²) in [7, 11) is 0. The fourth-order valence-corrected chi connectivity index (χ4v) is 1.74. The van der Waals surface area contributed by atoms with Gasteiger partial charge in [-0.15, -0.1) is 0 Å². The molecule has 0 radical (unpaired) electrons. The highest BCUT2D eigenvalue weighted by Gasteiger charge is 2.16. The van der Waals surface area contributed by atoms with E-state index in [4.69, 9.17) is 9.47 Å². The molecule has 0 unspecified atom stereocenters. The average molecular weight is 253 g/mol. The quantitative estimate of drug-likeness (QED) is 0.568. The summed E-state index contributed by atoms with van der Waals surface area (Å²) in [5.74, 6) is -0.0183. The van der Waals surface area contributed by atoms with E-state index in [1.165, 1.54) is 6.20 Å². The summed E-state index contributed by atoms with van der Waals surface area (Å²) in [6.07, 6.45) is 1.38. The van der Waals surface area contributed by atoms with E-state index in [9.17, 15) is 10.1 Å². The van der Waals surface area contributed by atoms with E-state index in [1.54, 1.807) is 12.1 Å². The summed E-state index contributed by atoms with van der Waals surface area (Å²) in [5.41, 5.74) is 0. The topological polar surface area (TPSA) is 77.7 Å². The second-order valence-corrected chi connectivity index (χ2v) is 3.88. The van der Waals surface area contributed by atoms with Gasteiger partial charge in [-0.25, -0.2) is 0 Å². The second kappa shape index (κ2) is 6.27. The predicted molar refractivity (Wildman–Crippen MR) is 63.6 cm³/mol. The summed E-state index contributed by atoms with van der Waals surface area (Å²) >= 11 is 0. The van der Waals surface area contributed by atoms with Crippen molar-refractivity contribution in [2.45, 2.75) is 0 Å². The standard InChI is InChI=1S/C11H15N3O4/c15-14(16)11-10(2-1-3-12-11)18-9-6-13-4-7-17-8-5-13/h1-3H,4-9H2. The van der Waals surface area contributed by atoms with Gasteiger partial charge < -0.3 is 19.6 Å². The van der Waals surface area contributed by atoms with Crippen LogP contribution in [0.4, 0.5) is 5.82 Å². The van der Waals surface area contributed by atoms with Gasteiger partial charge in [0.15, 0.2) is 0 Å². The third kappa shape index (κ3) is 3.38. The Kier molecular flexibility index (Phi) is 4.43. The van der Waals surface area contributed by atoms with Gasteiger partial charge in [0.1, 0.15) is 12.8 Å². The number of nitro groups is 1. The second-order valence-electron chi connectivity index (χ2n) is 3.88. The van der Waals surface area contributed by atoms with E-state index in [0.717, 1.165) is 32.8 Å². The van der Waals surface area contributed by atoms with E-state index in [-0.39, 0.29) is 11.6 Å². The van der Waals surface area contributed by atoms with Gasteiger partial charge in [0.25, 0.3) is 0 Å². The Bertz CT molecular complexity index is 407. The molecule has 0 spiro atoms. The third-order valence-electron chi connectivity index (χ3n) is 2.69. The van der Waals surface area contributed by atoms with Crippen LogP contribution >= 0.6 is 0 Å². The number of aromatic nitrogens is 1. The molecule has 0 aromatic carbocycles. The van der Waals surface area contributed by atoms with Gasteiger partial charge in [-0.05, 0) is 22.0 Å². The molecule has 0 atom stereocenters. The zero-order chi connectivity index (χ0) is 12.8. The number of rotatable bonds is 5. The van der Waals surface area contributed by atoms with Gasteiger partial charge in [-0.3, -0.25) is 4.90 Å². The molecule has 2 heterocycles. The predicted octanol–water partition coefficient (Wildman–Crippen LogP) is 0.701. The Balaban J connectivity index is 1.84. The Hall–Kier alpha value is -1.73. The molecule has 2 rings (SSSR count). The van der Waals surface area contributed by atoms with Crippen molar-refractivity contribution in [3.05, 3.63) is 28.4 Å². The van der Waals surface area contributed by atoms with Crippen molar-refractivity contribution in [2.75, 3.05) is 39.5 Å². The van der Waals surface area contributed by atoms with Crippen molar-refractivity contribution in [1.29, 1.82) is 0 Å². The first-order valence-electron chi connectivity index (χ1n) is 5.79. The zero-order valence-corrected chi connectivity index (χ0v) is 9.95.